The lowest BCUT2D eigenvalue weighted by Crippen LogP contribution is -2.35. The van der Waals surface area contributed by atoms with Gasteiger partial charge in [0.15, 0.2) is 0 Å². The Kier molecular flexibility index (Phi) is 4.91. The summed E-state index contributed by atoms with van der Waals surface area (Å²) in [5.74, 6) is -0.154. The van der Waals surface area contributed by atoms with Crippen molar-refractivity contribution in [3.8, 4) is 5.75 Å². The summed E-state index contributed by atoms with van der Waals surface area (Å²) in [6.07, 6.45) is 4.51. The number of rotatable bonds is 4. The van der Waals surface area contributed by atoms with Crippen LogP contribution >= 0.6 is 0 Å². The maximum absolute atomic E-state index is 12.7. The fourth-order valence-electron chi connectivity index (χ4n) is 3.36. The van der Waals surface area contributed by atoms with E-state index in [1.54, 1.807) is 18.5 Å². The lowest BCUT2D eigenvalue weighted by molar-refractivity contribution is 0.0735. The summed E-state index contributed by atoms with van der Waals surface area (Å²) in [6.45, 7) is 1.09. The second-order valence-electron chi connectivity index (χ2n) is 6.88. The topological polar surface area (TPSA) is 81.5 Å². The first-order valence-electron chi connectivity index (χ1n) is 9.19. The maximum Gasteiger partial charge on any atom is 0.343 e. The molecule has 0 amide bonds. The summed E-state index contributed by atoms with van der Waals surface area (Å²) in [5, 5.41) is 0. The van der Waals surface area contributed by atoms with Crippen LogP contribution in [-0.4, -0.2) is 41.3 Å². The molecule has 0 bridgehead atoms. The molecule has 0 radical (unpaired) electrons. The molecule has 1 fully saturated rings. The molecule has 2 aromatic carbocycles. The molecule has 0 N–H and O–H groups in total. The number of fused-ring (bicyclic) bond motifs is 1. The van der Waals surface area contributed by atoms with Crippen LogP contribution in [0.2, 0.25) is 0 Å². The van der Waals surface area contributed by atoms with Crippen molar-refractivity contribution in [2.24, 2.45) is 7.05 Å². The molecule has 2 heterocycles. The molecule has 8 heteroatoms. The van der Waals surface area contributed by atoms with Gasteiger partial charge in [0, 0.05) is 26.2 Å². The van der Waals surface area contributed by atoms with Crippen molar-refractivity contribution in [1.29, 1.82) is 0 Å². The van der Waals surface area contributed by atoms with Crippen molar-refractivity contribution in [3.05, 3.63) is 54.4 Å². The van der Waals surface area contributed by atoms with E-state index in [-0.39, 0.29) is 4.90 Å². The summed E-state index contributed by atoms with van der Waals surface area (Å²) < 4.78 is 34.2. The second-order valence-corrected chi connectivity index (χ2v) is 8.82. The standard InChI is InChI=1S/C20H21N3O4S/c1-22-14-21-18-13-16(7-10-19(18)22)27-20(24)15-5-8-17(9-6-15)28(25,26)23-11-3-2-4-12-23/h5-10,13-14H,2-4,11-12H2,1H3. The third kappa shape index (κ3) is 3.53. The average Bonchev–Trinajstić information content (AvgIpc) is 3.09. The lowest BCUT2D eigenvalue weighted by Gasteiger charge is -2.25. The molecule has 0 atom stereocenters. The van der Waals surface area contributed by atoms with Crippen molar-refractivity contribution in [2.75, 3.05) is 13.1 Å². The molecule has 146 valence electrons. The van der Waals surface area contributed by atoms with E-state index in [0.717, 1.165) is 30.3 Å². The zero-order valence-electron chi connectivity index (χ0n) is 15.5. The van der Waals surface area contributed by atoms with Crippen LogP contribution in [0.4, 0.5) is 0 Å². The highest BCUT2D eigenvalue weighted by atomic mass is 32.2. The molecule has 1 aliphatic heterocycles. The summed E-state index contributed by atoms with van der Waals surface area (Å²) in [5.41, 5.74) is 1.96. The summed E-state index contributed by atoms with van der Waals surface area (Å²) in [7, 11) is -1.63. The fourth-order valence-corrected chi connectivity index (χ4v) is 4.88. The van der Waals surface area contributed by atoms with Crippen molar-refractivity contribution in [2.45, 2.75) is 24.2 Å². The number of imidazole rings is 1. The molecule has 0 spiro atoms. The molecule has 28 heavy (non-hydrogen) atoms. The number of carbonyl (C=O) groups excluding carboxylic acids is 1. The fraction of sp³-hybridized carbons (Fsp3) is 0.300. The van der Waals surface area contributed by atoms with E-state index in [9.17, 15) is 13.2 Å². The monoisotopic (exact) mass is 399 g/mol. The van der Waals surface area contributed by atoms with Gasteiger partial charge >= 0.3 is 5.97 Å². The first-order valence-corrected chi connectivity index (χ1v) is 10.6. The summed E-state index contributed by atoms with van der Waals surface area (Å²) >= 11 is 0. The third-order valence-corrected chi connectivity index (χ3v) is 6.86. The molecule has 0 aliphatic carbocycles. The van der Waals surface area contributed by atoms with Crippen molar-refractivity contribution in [3.63, 3.8) is 0 Å². The zero-order valence-corrected chi connectivity index (χ0v) is 16.4. The van der Waals surface area contributed by atoms with E-state index < -0.39 is 16.0 Å². The molecule has 1 aliphatic rings. The van der Waals surface area contributed by atoms with E-state index in [2.05, 4.69) is 4.98 Å². The molecular weight excluding hydrogens is 378 g/mol. The zero-order chi connectivity index (χ0) is 19.7. The molecule has 4 rings (SSSR count). The van der Waals surface area contributed by atoms with Crippen molar-refractivity contribution >= 4 is 27.0 Å². The van der Waals surface area contributed by atoms with E-state index in [4.69, 9.17) is 4.74 Å². The van der Waals surface area contributed by atoms with Gasteiger partial charge in [0.1, 0.15) is 5.75 Å². The van der Waals surface area contributed by atoms with Crippen LogP contribution in [0, 0.1) is 0 Å². The van der Waals surface area contributed by atoms with Gasteiger partial charge in [-0.15, -0.1) is 0 Å². The van der Waals surface area contributed by atoms with Gasteiger partial charge in [0.25, 0.3) is 0 Å². The van der Waals surface area contributed by atoms with E-state index in [1.807, 2.05) is 17.7 Å². The highest BCUT2D eigenvalue weighted by Crippen LogP contribution is 2.23. The number of esters is 1. The van der Waals surface area contributed by atoms with E-state index in [0.29, 0.717) is 24.4 Å². The molecule has 1 saturated heterocycles. The quantitative estimate of drug-likeness (QED) is 0.498. The summed E-state index contributed by atoms with van der Waals surface area (Å²) in [6, 6.07) is 11.1. The number of ether oxygens (including phenoxy) is 1. The average molecular weight is 399 g/mol. The number of nitrogens with zero attached hydrogens (tertiary/aromatic N) is 3. The number of benzene rings is 2. The summed E-state index contributed by atoms with van der Waals surface area (Å²) in [4.78, 5) is 16.8. The number of aromatic nitrogens is 2. The predicted molar refractivity (Wildman–Crippen MR) is 105 cm³/mol. The minimum atomic E-state index is -3.51. The molecule has 0 saturated carbocycles. The Bertz CT molecular complexity index is 1110. The third-order valence-electron chi connectivity index (χ3n) is 4.95. The molecule has 1 aromatic heterocycles. The van der Waals surface area contributed by atoms with Crippen LogP contribution in [0.1, 0.15) is 29.6 Å². The molecule has 3 aromatic rings. The van der Waals surface area contributed by atoms with Gasteiger partial charge in [0.05, 0.1) is 27.8 Å². The number of carbonyl (C=O) groups is 1. The van der Waals surface area contributed by atoms with Gasteiger partial charge in [-0.1, -0.05) is 6.42 Å². The maximum atomic E-state index is 12.7. The molecule has 0 unspecified atom stereocenters. The van der Waals surface area contributed by atoms with Gasteiger partial charge in [-0.2, -0.15) is 4.31 Å². The Labute approximate surface area is 163 Å². The van der Waals surface area contributed by atoms with Gasteiger partial charge in [-0.25, -0.2) is 18.2 Å². The van der Waals surface area contributed by atoms with Crippen LogP contribution in [0.5, 0.6) is 5.75 Å². The number of piperidine rings is 1. The van der Waals surface area contributed by atoms with Gasteiger partial charge in [-0.3, -0.25) is 0 Å². The molecular formula is C20H21N3O4S. The van der Waals surface area contributed by atoms with Crippen molar-refractivity contribution < 1.29 is 17.9 Å². The van der Waals surface area contributed by atoms with E-state index >= 15 is 0 Å². The minimum Gasteiger partial charge on any atom is -0.423 e. The largest absolute Gasteiger partial charge is 0.423 e. The van der Waals surface area contributed by atoms with Crippen LogP contribution in [0.25, 0.3) is 11.0 Å². The number of hydrogen-bond donors (Lipinski definition) is 0. The lowest BCUT2D eigenvalue weighted by atomic mass is 10.2. The smallest absolute Gasteiger partial charge is 0.343 e. The number of sulfonamides is 1. The second kappa shape index (κ2) is 7.37. The first-order chi connectivity index (χ1) is 13.4. The van der Waals surface area contributed by atoms with Gasteiger partial charge in [0.2, 0.25) is 10.0 Å². The Hall–Kier alpha value is -2.71. The van der Waals surface area contributed by atoms with Crippen LogP contribution in [0.3, 0.4) is 0 Å². The predicted octanol–water partition coefficient (Wildman–Crippen LogP) is 2.97. The Morgan fingerprint density at radius 1 is 1.04 bits per heavy atom. The SMILES string of the molecule is Cn1cnc2cc(OC(=O)c3ccc(S(=O)(=O)N4CCCCC4)cc3)ccc21. The van der Waals surface area contributed by atoms with Crippen molar-refractivity contribution in [1.82, 2.24) is 13.9 Å². The van der Waals surface area contributed by atoms with Crippen LogP contribution in [0.15, 0.2) is 53.7 Å². The minimum absolute atomic E-state index is 0.195. The molecule has 7 nitrogen and oxygen atoms in total. The van der Waals surface area contributed by atoms with E-state index in [1.165, 1.54) is 28.6 Å². The Morgan fingerprint density at radius 2 is 1.75 bits per heavy atom. The normalized spacial score (nSPS) is 15.6. The number of aryl methyl sites for hydroxylation is 1. The van der Waals surface area contributed by atoms with Crippen LogP contribution < -0.4 is 4.74 Å². The first kappa shape index (κ1) is 18.6. The highest BCUT2D eigenvalue weighted by Gasteiger charge is 2.26. The van der Waals surface area contributed by atoms with Gasteiger partial charge in [-0.05, 0) is 49.2 Å². The Morgan fingerprint density at radius 3 is 2.46 bits per heavy atom. The van der Waals surface area contributed by atoms with Gasteiger partial charge < -0.3 is 9.30 Å². The Balaban J connectivity index is 1.50. The number of hydrogen-bond acceptors (Lipinski definition) is 5. The van der Waals surface area contributed by atoms with Crippen LogP contribution in [-0.2, 0) is 17.1 Å². The highest BCUT2D eigenvalue weighted by molar-refractivity contribution is 7.89.